The van der Waals surface area contributed by atoms with Crippen LogP contribution in [0.15, 0.2) is 48.5 Å². The van der Waals surface area contributed by atoms with E-state index in [9.17, 15) is 35.9 Å². The Bertz CT molecular complexity index is 784. The molecular weight excluding hydrogens is 448 g/mol. The Balaban J connectivity index is 0.00000392. The van der Waals surface area contributed by atoms with Crippen molar-refractivity contribution in [2.75, 3.05) is 0 Å². The molecule has 2 aromatic carbocycles. The van der Waals surface area contributed by atoms with Crippen LogP contribution in [0.25, 0.3) is 0 Å². The Labute approximate surface area is 166 Å². The summed E-state index contributed by atoms with van der Waals surface area (Å²) in [4.78, 5) is 21.7. The molecule has 2 rings (SSSR count). The minimum absolute atomic E-state index is 0. The second-order valence-corrected chi connectivity index (χ2v) is 5.51. The van der Waals surface area contributed by atoms with Crippen molar-refractivity contribution in [3.63, 3.8) is 0 Å². The molecular formula is C17H10F6O4Zn. The van der Waals surface area contributed by atoms with Crippen LogP contribution in [0, 0.1) is 0 Å². The summed E-state index contributed by atoms with van der Waals surface area (Å²) >= 11 is 0. The van der Waals surface area contributed by atoms with Gasteiger partial charge in [-0.15, -0.1) is 0 Å². The van der Waals surface area contributed by atoms with Crippen LogP contribution in [0.2, 0.25) is 0 Å². The molecule has 0 atom stereocenters. The first-order valence-electron chi connectivity index (χ1n) is 7.13. The Morgan fingerprint density at radius 3 is 1.04 bits per heavy atom. The van der Waals surface area contributed by atoms with Crippen LogP contribution in [0.3, 0.4) is 0 Å². The summed E-state index contributed by atoms with van der Waals surface area (Å²) in [6.07, 6.45) is -11.7. The standard InChI is InChI=1S/C17H10F6O4.Zn/c18-16(19,20)15(17(21,22)23,11-5-1-9(2-6-11)13(24)25)12-7-3-10(4-8-12)14(26)27;/h1-8H,(H,24,25)(H,26,27);. The number of alkyl halides is 6. The van der Waals surface area contributed by atoms with Gasteiger partial charge in [-0.2, -0.15) is 26.3 Å². The predicted octanol–water partition coefficient (Wildman–Crippen LogP) is 4.49. The average molecular weight is 458 g/mol. The molecule has 0 radical (unpaired) electrons. The molecule has 0 aliphatic carbocycles. The Morgan fingerprint density at radius 2 is 0.857 bits per heavy atom. The zero-order chi connectivity index (χ0) is 20.6. The van der Waals surface area contributed by atoms with E-state index in [0.717, 1.165) is 0 Å². The zero-order valence-corrected chi connectivity index (χ0v) is 16.8. The van der Waals surface area contributed by atoms with Gasteiger partial charge >= 0.3 is 24.3 Å². The SMILES string of the molecule is O=C(O)c1ccc(C(c2ccc(C(=O)O)cc2)(C(F)(F)F)C(F)(F)F)cc1.[Zn]. The third-order valence-electron chi connectivity index (χ3n) is 3.98. The Morgan fingerprint density at radius 1 is 0.607 bits per heavy atom. The van der Waals surface area contributed by atoms with Gasteiger partial charge in [-0.3, -0.25) is 0 Å². The number of halogens is 6. The van der Waals surface area contributed by atoms with Gasteiger partial charge in [-0.25, -0.2) is 9.59 Å². The number of hydrogen-bond acceptors (Lipinski definition) is 2. The molecule has 2 N–H and O–H groups in total. The fourth-order valence-electron chi connectivity index (χ4n) is 2.71. The molecule has 0 saturated heterocycles. The summed E-state index contributed by atoms with van der Waals surface area (Å²) in [5.74, 6) is -3.03. The van der Waals surface area contributed by atoms with E-state index >= 15 is 0 Å². The average Bonchev–Trinajstić information content (AvgIpc) is 2.53. The molecule has 0 aromatic heterocycles. The van der Waals surface area contributed by atoms with Crippen LogP contribution < -0.4 is 0 Å². The molecule has 0 spiro atoms. The molecule has 0 heterocycles. The summed E-state index contributed by atoms with van der Waals surface area (Å²) in [7, 11) is 0. The summed E-state index contributed by atoms with van der Waals surface area (Å²) < 4.78 is 82.8. The molecule has 0 fully saturated rings. The van der Waals surface area contributed by atoms with Gasteiger partial charge in [0.25, 0.3) is 0 Å². The molecule has 146 valence electrons. The van der Waals surface area contributed by atoms with Gasteiger partial charge in [-0.05, 0) is 35.4 Å². The zero-order valence-electron chi connectivity index (χ0n) is 13.8. The van der Waals surface area contributed by atoms with Crippen molar-refractivity contribution >= 4 is 11.9 Å². The van der Waals surface area contributed by atoms with Crippen LogP contribution in [-0.2, 0) is 24.9 Å². The Hall–Kier alpha value is -2.42. The number of rotatable bonds is 4. The van der Waals surface area contributed by atoms with Gasteiger partial charge in [0, 0.05) is 19.5 Å². The molecule has 0 unspecified atom stereocenters. The molecule has 0 bridgehead atoms. The number of carboxylic acid groups (broad SMARTS) is 2. The topological polar surface area (TPSA) is 74.6 Å². The largest absolute Gasteiger partial charge is 0.478 e. The number of carbonyl (C=O) groups is 2. The molecule has 2 aromatic rings. The van der Waals surface area contributed by atoms with Crippen molar-refractivity contribution in [2.45, 2.75) is 17.8 Å². The van der Waals surface area contributed by atoms with Crippen LogP contribution in [-0.4, -0.2) is 34.5 Å². The monoisotopic (exact) mass is 456 g/mol. The van der Waals surface area contributed by atoms with Crippen LogP contribution in [0.1, 0.15) is 31.8 Å². The van der Waals surface area contributed by atoms with Crippen molar-refractivity contribution < 1.29 is 65.6 Å². The molecule has 0 aliphatic rings. The van der Waals surface area contributed by atoms with E-state index in [1.54, 1.807) is 0 Å². The molecule has 28 heavy (non-hydrogen) atoms. The third-order valence-corrected chi connectivity index (χ3v) is 3.98. The van der Waals surface area contributed by atoms with E-state index in [1.807, 2.05) is 0 Å². The number of carboxylic acids is 2. The second-order valence-electron chi connectivity index (χ2n) is 5.51. The minimum Gasteiger partial charge on any atom is -0.478 e. The van der Waals surface area contributed by atoms with E-state index in [-0.39, 0.29) is 19.5 Å². The first kappa shape index (κ1) is 23.6. The van der Waals surface area contributed by atoms with Crippen molar-refractivity contribution in [1.82, 2.24) is 0 Å². The minimum atomic E-state index is -5.85. The van der Waals surface area contributed by atoms with Crippen molar-refractivity contribution in [1.29, 1.82) is 0 Å². The van der Waals surface area contributed by atoms with Gasteiger partial charge in [0.1, 0.15) is 0 Å². The van der Waals surface area contributed by atoms with Crippen LogP contribution in [0.5, 0.6) is 0 Å². The summed E-state index contributed by atoms with van der Waals surface area (Å²) in [6.45, 7) is 0. The molecule has 4 nitrogen and oxygen atoms in total. The van der Waals surface area contributed by atoms with E-state index in [1.165, 1.54) is 0 Å². The normalized spacial score (nSPS) is 12.2. The first-order chi connectivity index (χ1) is 12.3. The summed E-state index contributed by atoms with van der Waals surface area (Å²) in [5, 5.41) is 17.6. The van der Waals surface area contributed by atoms with Gasteiger partial charge in [-0.1, -0.05) is 24.3 Å². The van der Waals surface area contributed by atoms with Crippen molar-refractivity contribution in [2.24, 2.45) is 0 Å². The van der Waals surface area contributed by atoms with Gasteiger partial charge < -0.3 is 10.2 Å². The Kier molecular flexibility index (Phi) is 6.67. The van der Waals surface area contributed by atoms with Crippen LogP contribution >= 0.6 is 0 Å². The summed E-state index contributed by atoms with van der Waals surface area (Å²) in [5.41, 5.74) is -7.92. The fraction of sp³-hybridized carbons (Fsp3) is 0.176. The van der Waals surface area contributed by atoms with Gasteiger partial charge in [0.05, 0.1) is 11.1 Å². The van der Waals surface area contributed by atoms with Crippen molar-refractivity contribution in [3.05, 3.63) is 70.8 Å². The fourth-order valence-corrected chi connectivity index (χ4v) is 2.71. The van der Waals surface area contributed by atoms with Crippen molar-refractivity contribution in [3.8, 4) is 0 Å². The second kappa shape index (κ2) is 7.91. The van der Waals surface area contributed by atoms with Crippen LogP contribution in [0.4, 0.5) is 26.3 Å². The third kappa shape index (κ3) is 3.89. The van der Waals surface area contributed by atoms with Gasteiger partial charge in [0.15, 0.2) is 0 Å². The summed E-state index contributed by atoms with van der Waals surface area (Å²) in [6, 6.07) is 4.30. The van der Waals surface area contributed by atoms with E-state index < -0.39 is 52.0 Å². The number of aromatic carboxylic acids is 2. The molecule has 0 amide bonds. The van der Waals surface area contributed by atoms with E-state index in [2.05, 4.69) is 0 Å². The number of hydrogen-bond donors (Lipinski definition) is 2. The van der Waals surface area contributed by atoms with Gasteiger partial charge in [0.2, 0.25) is 5.41 Å². The predicted molar refractivity (Wildman–Crippen MR) is 79.7 cm³/mol. The van der Waals surface area contributed by atoms with E-state index in [0.29, 0.717) is 48.5 Å². The maximum atomic E-state index is 13.8. The smallest absolute Gasteiger partial charge is 0.411 e. The first-order valence-corrected chi connectivity index (χ1v) is 7.13. The molecule has 0 aliphatic heterocycles. The maximum Gasteiger partial charge on any atom is 0.411 e. The molecule has 11 heteroatoms. The maximum absolute atomic E-state index is 13.8. The van der Waals surface area contributed by atoms with E-state index in [4.69, 9.17) is 10.2 Å². The molecule has 0 saturated carbocycles. The quantitative estimate of drug-likeness (QED) is 0.524. The number of benzene rings is 2.